The van der Waals surface area contributed by atoms with Crippen LogP contribution in [0.25, 0.3) is 0 Å². The van der Waals surface area contributed by atoms with Crippen LogP contribution < -0.4 is 10.2 Å². The zero-order chi connectivity index (χ0) is 7.15. The number of rotatable bonds is 0. The SMILES string of the molecule is O=C(Cl)Cl.O=C([O-])[O-]. The Hall–Kier alpha value is -0.480. The number of halogens is 2. The van der Waals surface area contributed by atoms with E-state index in [4.69, 9.17) is 19.8 Å². The predicted molar refractivity (Wildman–Crippen MR) is 22.5 cm³/mol. The molecule has 0 aliphatic rings. The first kappa shape index (κ1) is 10.5. The lowest BCUT2D eigenvalue weighted by atomic mass is 11.5. The minimum absolute atomic E-state index is 0.889. The molecule has 0 N–H and O–H groups in total. The lowest BCUT2D eigenvalue weighted by molar-refractivity contribution is -0.415. The topological polar surface area (TPSA) is 80.3 Å². The largest absolute Gasteiger partial charge is 0.652 e. The van der Waals surface area contributed by atoms with Crippen LogP contribution in [0.3, 0.4) is 0 Å². The summed E-state index contributed by atoms with van der Waals surface area (Å²) < 4.78 is -0.889. The minimum Gasteiger partial charge on any atom is -0.652 e. The standard InChI is InChI=1S/CCl2O.CH2O3/c2*2-1(3)4/h;(H2,2,3,4)/p-2. The van der Waals surface area contributed by atoms with E-state index < -0.39 is 10.9 Å². The fourth-order valence-electron chi connectivity index (χ4n) is 0. The van der Waals surface area contributed by atoms with E-state index in [1.807, 2.05) is 0 Å². The smallest absolute Gasteiger partial charge is 0.313 e. The molecule has 0 spiro atoms. The lowest BCUT2D eigenvalue weighted by Gasteiger charge is -1.96. The average molecular weight is 159 g/mol. The third kappa shape index (κ3) is 489. The summed E-state index contributed by atoms with van der Waals surface area (Å²) in [5.74, 6) is 0. The molecule has 0 aliphatic heterocycles. The van der Waals surface area contributed by atoms with Crippen molar-refractivity contribution in [3.8, 4) is 0 Å². The Kier molecular flexibility index (Phi) is 8.55. The van der Waals surface area contributed by atoms with Crippen molar-refractivity contribution in [3.05, 3.63) is 0 Å². The number of carbonyl (C=O) groups is 2. The van der Waals surface area contributed by atoms with Crippen LogP contribution in [0, 0.1) is 0 Å². The van der Waals surface area contributed by atoms with Crippen LogP contribution in [-0.2, 0) is 0 Å². The molecule has 0 unspecified atom stereocenters. The van der Waals surface area contributed by atoms with Gasteiger partial charge in [0, 0.05) is 0 Å². The molecule has 6 heteroatoms. The average Bonchev–Trinajstić information content (AvgIpc) is 1.25. The van der Waals surface area contributed by atoms with E-state index in [2.05, 4.69) is 23.2 Å². The van der Waals surface area contributed by atoms with Crippen molar-refractivity contribution in [3.63, 3.8) is 0 Å². The predicted octanol–water partition coefficient (Wildman–Crippen LogP) is -0.863. The van der Waals surface area contributed by atoms with Gasteiger partial charge in [0.25, 0.3) is 0 Å². The summed E-state index contributed by atoms with van der Waals surface area (Å²) in [6.45, 7) is 0. The quantitative estimate of drug-likeness (QED) is 0.430. The molecular weight excluding hydrogens is 159 g/mol. The first-order chi connectivity index (χ1) is 3.46. The fraction of sp³-hybridized carbons (Fsp3) is 0. The molecule has 0 radical (unpaired) electrons. The Balaban J connectivity index is 0. The summed E-state index contributed by atoms with van der Waals surface area (Å²) in [7, 11) is 0. The molecular formula is C2Cl2O4-2. The zero-order valence-corrected chi connectivity index (χ0v) is 4.90. The van der Waals surface area contributed by atoms with Crippen molar-refractivity contribution in [2.75, 3.05) is 0 Å². The molecule has 48 valence electrons. The van der Waals surface area contributed by atoms with Gasteiger partial charge >= 0.3 is 4.70 Å². The van der Waals surface area contributed by atoms with E-state index in [-0.39, 0.29) is 0 Å². The van der Waals surface area contributed by atoms with E-state index in [0.29, 0.717) is 0 Å². The Morgan fingerprint density at radius 3 is 1.12 bits per heavy atom. The summed E-state index contributed by atoms with van der Waals surface area (Å²) >= 11 is 8.80. The van der Waals surface area contributed by atoms with Crippen LogP contribution in [0.15, 0.2) is 0 Å². The second-order valence-corrected chi connectivity index (χ2v) is 1.36. The van der Waals surface area contributed by atoms with Crippen molar-refractivity contribution >= 4 is 34.1 Å². The molecule has 0 fully saturated rings. The van der Waals surface area contributed by atoms with E-state index in [9.17, 15) is 0 Å². The van der Waals surface area contributed by atoms with E-state index >= 15 is 0 Å². The van der Waals surface area contributed by atoms with Gasteiger partial charge in [-0.25, -0.2) is 0 Å². The molecule has 0 atom stereocenters. The highest BCUT2D eigenvalue weighted by Gasteiger charge is 1.72. The molecule has 8 heavy (non-hydrogen) atoms. The third-order valence-corrected chi connectivity index (χ3v) is 0. The number of carbonyl (C=O) groups excluding carboxylic acids is 2. The molecule has 0 aromatic carbocycles. The zero-order valence-electron chi connectivity index (χ0n) is 3.39. The van der Waals surface area contributed by atoms with Gasteiger partial charge in [0.15, 0.2) is 0 Å². The van der Waals surface area contributed by atoms with Crippen LogP contribution in [-0.4, -0.2) is 10.9 Å². The molecule has 0 saturated carbocycles. The molecule has 4 nitrogen and oxygen atoms in total. The lowest BCUT2D eigenvalue weighted by Crippen LogP contribution is -2.37. The van der Waals surface area contributed by atoms with Crippen LogP contribution in [0.2, 0.25) is 0 Å². The van der Waals surface area contributed by atoms with Gasteiger partial charge in [-0.1, -0.05) is 0 Å². The maximum atomic E-state index is 8.98. The Morgan fingerprint density at radius 1 is 1.12 bits per heavy atom. The Labute approximate surface area is 54.6 Å². The van der Waals surface area contributed by atoms with Gasteiger partial charge in [0.1, 0.15) is 0 Å². The van der Waals surface area contributed by atoms with Crippen LogP contribution in [0.5, 0.6) is 0 Å². The number of hydrogen-bond donors (Lipinski definition) is 0. The molecule has 0 aromatic heterocycles. The summed E-state index contributed by atoms with van der Waals surface area (Å²) in [6.07, 6.45) is -2.33. The van der Waals surface area contributed by atoms with Gasteiger partial charge < -0.3 is 15.0 Å². The molecule has 0 saturated heterocycles. The van der Waals surface area contributed by atoms with E-state index in [1.54, 1.807) is 0 Å². The second-order valence-electron chi connectivity index (χ2n) is 0.476. The number of carboxylic acid groups (broad SMARTS) is 2. The van der Waals surface area contributed by atoms with Gasteiger partial charge in [-0.3, -0.25) is 4.79 Å². The fourth-order valence-corrected chi connectivity index (χ4v) is 0. The molecule has 0 rings (SSSR count). The summed E-state index contributed by atoms with van der Waals surface area (Å²) in [4.78, 5) is 17.3. The highest BCUT2D eigenvalue weighted by Crippen LogP contribution is 1.84. The maximum absolute atomic E-state index is 8.98. The third-order valence-electron chi connectivity index (χ3n) is 0. The maximum Gasteiger partial charge on any atom is 0.313 e. The van der Waals surface area contributed by atoms with Crippen molar-refractivity contribution in [1.29, 1.82) is 0 Å². The van der Waals surface area contributed by atoms with Crippen molar-refractivity contribution in [2.24, 2.45) is 0 Å². The van der Waals surface area contributed by atoms with Gasteiger partial charge in [-0.15, -0.1) is 0 Å². The van der Waals surface area contributed by atoms with Crippen molar-refractivity contribution in [2.45, 2.75) is 0 Å². The monoisotopic (exact) mass is 158 g/mol. The molecule has 0 amide bonds. The van der Waals surface area contributed by atoms with Crippen LogP contribution in [0.1, 0.15) is 0 Å². The Bertz CT molecular complexity index is 70.0. The molecule has 0 aromatic rings. The van der Waals surface area contributed by atoms with Gasteiger partial charge in [-0.05, 0) is 29.4 Å². The molecule has 0 heterocycles. The van der Waals surface area contributed by atoms with E-state index in [1.165, 1.54) is 0 Å². The van der Waals surface area contributed by atoms with Gasteiger partial charge in [-0.2, -0.15) is 0 Å². The first-order valence-electron chi connectivity index (χ1n) is 1.19. The van der Waals surface area contributed by atoms with Gasteiger partial charge in [0.2, 0.25) is 0 Å². The van der Waals surface area contributed by atoms with Crippen LogP contribution >= 0.6 is 23.2 Å². The normalized spacial score (nSPS) is 6.25. The summed E-state index contributed by atoms with van der Waals surface area (Å²) in [5.41, 5.74) is 0. The van der Waals surface area contributed by atoms with E-state index in [0.717, 1.165) is 0 Å². The minimum atomic E-state index is -2.33. The molecule has 0 aliphatic carbocycles. The first-order valence-corrected chi connectivity index (χ1v) is 1.95. The number of hydrogen-bond acceptors (Lipinski definition) is 4. The second kappa shape index (κ2) is 6.52. The Morgan fingerprint density at radius 2 is 1.12 bits per heavy atom. The highest BCUT2D eigenvalue weighted by atomic mass is 35.5. The summed E-state index contributed by atoms with van der Waals surface area (Å²) in [6, 6.07) is 0. The van der Waals surface area contributed by atoms with Gasteiger partial charge in [0.05, 0.1) is 0 Å². The van der Waals surface area contributed by atoms with Crippen molar-refractivity contribution in [1.82, 2.24) is 0 Å². The highest BCUT2D eigenvalue weighted by molar-refractivity contribution is 6.93. The van der Waals surface area contributed by atoms with Crippen molar-refractivity contribution < 1.29 is 19.8 Å². The summed E-state index contributed by atoms with van der Waals surface area (Å²) in [5, 5.41) is 16.7. The van der Waals surface area contributed by atoms with Crippen LogP contribution in [0.4, 0.5) is 9.59 Å². The molecule has 0 bridgehead atoms.